The first-order valence-electron chi connectivity index (χ1n) is 9.98. The molecule has 1 aromatic carbocycles. The predicted molar refractivity (Wildman–Crippen MR) is 118 cm³/mol. The van der Waals surface area contributed by atoms with Crippen molar-refractivity contribution < 1.29 is 29.3 Å². The number of fused-ring (bicyclic) bond motifs is 1. The van der Waals surface area contributed by atoms with Gasteiger partial charge in [0.2, 0.25) is 0 Å². The first kappa shape index (κ1) is 22.5. The predicted octanol–water partition coefficient (Wildman–Crippen LogP) is 4.76. The third-order valence-corrected chi connectivity index (χ3v) is 5.86. The lowest BCUT2D eigenvalue weighted by Gasteiger charge is -2.23. The Morgan fingerprint density at radius 2 is 1.84 bits per heavy atom. The Kier molecular flexibility index (Phi) is 7.07. The molecule has 0 radical (unpaired) electrons. The smallest absolute Gasteiger partial charge is 0.306 e. The Morgan fingerprint density at radius 3 is 2.48 bits per heavy atom. The van der Waals surface area contributed by atoms with E-state index in [4.69, 9.17) is 4.74 Å². The zero-order valence-corrected chi connectivity index (χ0v) is 18.2. The number of hydrogen-bond donors (Lipinski definition) is 2. The van der Waals surface area contributed by atoms with Crippen LogP contribution >= 0.6 is 11.3 Å². The number of carbonyl (C=O) groups excluding carboxylic acids is 3. The van der Waals surface area contributed by atoms with Gasteiger partial charge in [-0.2, -0.15) is 0 Å². The number of ether oxygens (including phenoxy) is 1. The summed E-state index contributed by atoms with van der Waals surface area (Å²) in [6.07, 6.45) is 3.71. The summed E-state index contributed by atoms with van der Waals surface area (Å²) in [7, 11) is 0. The fraction of sp³-hybridized carbons (Fsp3) is 0.292. The van der Waals surface area contributed by atoms with E-state index in [1.807, 2.05) is 37.4 Å². The Balaban J connectivity index is 1.80. The Labute approximate surface area is 184 Å². The normalized spacial score (nSPS) is 13.9. The number of esters is 1. The highest BCUT2D eigenvalue weighted by Gasteiger charge is 2.35. The van der Waals surface area contributed by atoms with Gasteiger partial charge in [-0.3, -0.25) is 14.4 Å². The standard InChI is InChI=1S/C24H24O6S/c1-14(2)8-11-20(30-21(28)7-3-5-15-6-4-12-31-15)16-13-19(27)22-17(25)9-10-18(26)23(22)24(16)29/h4,6,8-10,12-13,20,25-26H,3,5,7,11H2,1-2H3/t20-/m1/s1. The molecule has 0 fully saturated rings. The molecule has 0 saturated heterocycles. The zero-order chi connectivity index (χ0) is 22.5. The molecule has 2 N–H and O–H groups in total. The molecule has 1 heterocycles. The van der Waals surface area contributed by atoms with Gasteiger partial charge in [-0.15, -0.1) is 11.3 Å². The first-order valence-corrected chi connectivity index (χ1v) is 10.9. The van der Waals surface area contributed by atoms with Gasteiger partial charge in [-0.05, 0) is 56.3 Å². The molecule has 1 aliphatic rings. The summed E-state index contributed by atoms with van der Waals surface area (Å²) in [5.74, 6) is -2.50. The van der Waals surface area contributed by atoms with E-state index in [1.165, 1.54) is 4.88 Å². The van der Waals surface area contributed by atoms with Crippen molar-refractivity contribution in [2.24, 2.45) is 0 Å². The van der Waals surface area contributed by atoms with Gasteiger partial charge in [-0.1, -0.05) is 17.7 Å². The summed E-state index contributed by atoms with van der Waals surface area (Å²) in [5, 5.41) is 22.1. The van der Waals surface area contributed by atoms with Crippen LogP contribution in [0.2, 0.25) is 0 Å². The lowest BCUT2D eigenvalue weighted by molar-refractivity contribution is -0.147. The number of rotatable bonds is 8. The van der Waals surface area contributed by atoms with E-state index in [2.05, 4.69) is 0 Å². The molecule has 1 aliphatic carbocycles. The maximum Gasteiger partial charge on any atom is 0.306 e. The fourth-order valence-corrected chi connectivity index (χ4v) is 4.13. The van der Waals surface area contributed by atoms with Crippen molar-refractivity contribution in [3.8, 4) is 11.5 Å². The van der Waals surface area contributed by atoms with Gasteiger partial charge in [0.05, 0.1) is 11.1 Å². The van der Waals surface area contributed by atoms with E-state index < -0.39 is 29.4 Å². The van der Waals surface area contributed by atoms with Crippen molar-refractivity contribution in [2.45, 2.75) is 45.6 Å². The minimum Gasteiger partial charge on any atom is -0.507 e. The van der Waals surface area contributed by atoms with E-state index in [1.54, 1.807) is 11.3 Å². The summed E-state index contributed by atoms with van der Waals surface area (Å²) in [5.41, 5.74) is 0.452. The number of ketones is 2. The maximum absolute atomic E-state index is 13.1. The monoisotopic (exact) mass is 440 g/mol. The zero-order valence-electron chi connectivity index (χ0n) is 17.4. The van der Waals surface area contributed by atoms with E-state index in [0.717, 1.165) is 30.2 Å². The van der Waals surface area contributed by atoms with Gasteiger partial charge in [0.25, 0.3) is 0 Å². The van der Waals surface area contributed by atoms with Crippen molar-refractivity contribution in [2.75, 3.05) is 0 Å². The highest BCUT2D eigenvalue weighted by atomic mass is 32.1. The molecule has 6 nitrogen and oxygen atoms in total. The lowest BCUT2D eigenvalue weighted by Crippen LogP contribution is -2.29. The van der Waals surface area contributed by atoms with Gasteiger partial charge in [0.15, 0.2) is 11.6 Å². The van der Waals surface area contributed by atoms with Crippen LogP contribution in [0.15, 0.2) is 52.9 Å². The highest BCUT2D eigenvalue weighted by Crippen LogP contribution is 2.36. The maximum atomic E-state index is 13.1. The van der Waals surface area contributed by atoms with Crippen molar-refractivity contribution in [3.05, 3.63) is 68.9 Å². The number of carbonyl (C=O) groups is 3. The summed E-state index contributed by atoms with van der Waals surface area (Å²) in [6.45, 7) is 3.75. The molecule has 0 aliphatic heterocycles. The third-order valence-electron chi connectivity index (χ3n) is 4.93. The van der Waals surface area contributed by atoms with Crippen LogP contribution in [0, 0.1) is 0 Å². The van der Waals surface area contributed by atoms with Crippen molar-refractivity contribution in [1.82, 2.24) is 0 Å². The van der Waals surface area contributed by atoms with Gasteiger partial charge < -0.3 is 14.9 Å². The molecule has 3 rings (SSSR count). The van der Waals surface area contributed by atoms with Crippen LogP contribution in [0.1, 0.15) is 58.7 Å². The number of phenolic OH excluding ortho intramolecular Hbond substituents is 2. The van der Waals surface area contributed by atoms with Gasteiger partial charge in [-0.25, -0.2) is 0 Å². The molecule has 31 heavy (non-hydrogen) atoms. The van der Waals surface area contributed by atoms with Crippen molar-refractivity contribution in [3.63, 3.8) is 0 Å². The molecular weight excluding hydrogens is 416 g/mol. The largest absolute Gasteiger partial charge is 0.507 e. The van der Waals surface area contributed by atoms with Gasteiger partial charge >= 0.3 is 5.97 Å². The lowest BCUT2D eigenvalue weighted by atomic mass is 9.85. The van der Waals surface area contributed by atoms with Crippen LogP contribution in [-0.4, -0.2) is 33.9 Å². The second-order valence-electron chi connectivity index (χ2n) is 7.58. The summed E-state index contributed by atoms with van der Waals surface area (Å²) in [6, 6.07) is 6.28. The number of thiophene rings is 1. The second kappa shape index (κ2) is 9.75. The minimum absolute atomic E-state index is 0.0116. The Hall–Kier alpha value is -3.19. The van der Waals surface area contributed by atoms with Gasteiger partial charge in [0.1, 0.15) is 17.6 Å². The molecule has 2 aromatic rings. The molecule has 1 atom stereocenters. The number of aryl methyl sites for hydroxylation is 1. The summed E-state index contributed by atoms with van der Waals surface area (Å²) < 4.78 is 5.60. The molecule has 0 spiro atoms. The molecule has 7 heteroatoms. The van der Waals surface area contributed by atoms with E-state index >= 15 is 0 Å². The molecule has 0 saturated carbocycles. The Bertz CT molecular complexity index is 1060. The molecular formula is C24H24O6S. The van der Waals surface area contributed by atoms with Crippen molar-refractivity contribution >= 4 is 28.9 Å². The quantitative estimate of drug-likeness (QED) is 0.349. The topological polar surface area (TPSA) is 101 Å². The van der Waals surface area contributed by atoms with Crippen LogP contribution in [0.3, 0.4) is 0 Å². The molecule has 0 unspecified atom stereocenters. The number of Topliss-reactive ketones (excluding diaryl/α,β-unsaturated/α-hetero) is 1. The third kappa shape index (κ3) is 5.30. The number of benzene rings is 1. The SMILES string of the molecule is CC(C)=CC[C@@H](OC(=O)CCCc1cccs1)C1=CC(=O)c2c(O)ccc(O)c2C1=O. The number of phenols is 2. The number of aromatic hydroxyl groups is 2. The number of allylic oxidation sites excluding steroid dienone is 2. The Morgan fingerprint density at radius 1 is 1.13 bits per heavy atom. The van der Waals surface area contributed by atoms with E-state index in [0.29, 0.717) is 6.42 Å². The number of hydrogen-bond acceptors (Lipinski definition) is 7. The molecule has 0 amide bonds. The summed E-state index contributed by atoms with van der Waals surface area (Å²) >= 11 is 1.62. The molecule has 0 bridgehead atoms. The van der Waals surface area contributed by atoms with Crippen LogP contribution < -0.4 is 0 Å². The van der Waals surface area contributed by atoms with Crippen molar-refractivity contribution in [1.29, 1.82) is 0 Å². The average molecular weight is 441 g/mol. The van der Waals surface area contributed by atoms with Crippen LogP contribution in [0.4, 0.5) is 0 Å². The minimum atomic E-state index is -0.963. The van der Waals surface area contributed by atoms with E-state index in [9.17, 15) is 24.6 Å². The average Bonchev–Trinajstić information content (AvgIpc) is 3.23. The van der Waals surface area contributed by atoms with E-state index in [-0.39, 0.29) is 35.3 Å². The van der Waals surface area contributed by atoms with Crippen LogP contribution in [-0.2, 0) is 16.0 Å². The van der Waals surface area contributed by atoms with Crippen LogP contribution in [0.5, 0.6) is 11.5 Å². The molecule has 1 aromatic heterocycles. The fourth-order valence-electron chi connectivity index (χ4n) is 3.38. The van der Waals surface area contributed by atoms with Crippen LogP contribution in [0.25, 0.3) is 0 Å². The highest BCUT2D eigenvalue weighted by molar-refractivity contribution is 7.09. The van der Waals surface area contributed by atoms with Gasteiger partial charge in [0, 0.05) is 23.3 Å². The summed E-state index contributed by atoms with van der Waals surface area (Å²) in [4.78, 5) is 39.3. The first-order chi connectivity index (χ1) is 14.8. The second-order valence-corrected chi connectivity index (χ2v) is 8.61. The molecule has 162 valence electrons.